The normalized spacial score (nSPS) is 20.8. The Bertz CT molecular complexity index is 891. The van der Waals surface area contributed by atoms with Gasteiger partial charge in [-0.3, -0.25) is 4.90 Å². The van der Waals surface area contributed by atoms with E-state index in [1.807, 2.05) is 19.2 Å². The third-order valence-electron chi connectivity index (χ3n) is 5.47. The van der Waals surface area contributed by atoms with Crippen LogP contribution < -0.4 is 4.90 Å². The van der Waals surface area contributed by atoms with E-state index >= 15 is 0 Å². The number of piperidine rings is 1. The van der Waals surface area contributed by atoms with Gasteiger partial charge in [0.1, 0.15) is 0 Å². The molecule has 2 unspecified atom stereocenters. The van der Waals surface area contributed by atoms with Crippen molar-refractivity contribution in [1.82, 2.24) is 9.88 Å². The molecule has 0 radical (unpaired) electrons. The van der Waals surface area contributed by atoms with Gasteiger partial charge in [0.15, 0.2) is 5.13 Å². The highest BCUT2D eigenvalue weighted by molar-refractivity contribution is 7.22. The van der Waals surface area contributed by atoms with Gasteiger partial charge in [0, 0.05) is 33.8 Å². The van der Waals surface area contributed by atoms with E-state index in [2.05, 4.69) is 71.5 Å². The van der Waals surface area contributed by atoms with E-state index in [1.165, 1.54) is 10.3 Å². The minimum absolute atomic E-state index is 0.177. The third-order valence-corrected chi connectivity index (χ3v) is 6.59. The molecule has 1 aliphatic heterocycles. The Morgan fingerprint density at radius 3 is 2.75 bits per heavy atom. The number of nitrogens with zero attached hydrogens (tertiary/aromatic N) is 3. The van der Waals surface area contributed by atoms with E-state index in [1.54, 1.807) is 11.3 Å². The minimum Gasteiger partial charge on any atom is -0.378 e. The number of rotatable bonds is 6. The molecule has 0 spiro atoms. The van der Waals surface area contributed by atoms with Crippen LogP contribution in [0.25, 0.3) is 16.3 Å². The number of benzene rings is 2. The van der Waals surface area contributed by atoms with Crippen molar-refractivity contribution in [2.24, 2.45) is 0 Å². The summed E-state index contributed by atoms with van der Waals surface area (Å²) in [5.41, 5.74) is 2.32. The second kappa shape index (κ2) is 8.86. The highest BCUT2D eigenvalue weighted by Crippen LogP contribution is 2.31. The zero-order valence-electron chi connectivity index (χ0n) is 16.5. The van der Waals surface area contributed by atoms with Crippen molar-refractivity contribution < 1.29 is 4.74 Å². The lowest BCUT2D eigenvalue weighted by molar-refractivity contribution is 0.0195. The molecule has 1 saturated heterocycles. The summed E-state index contributed by atoms with van der Waals surface area (Å²) in [6.07, 6.45) is 5.70. The molecule has 4 nitrogen and oxygen atoms in total. The molecule has 2 atom stereocenters. The SMILES string of the molecule is COC1CN(C/C=C/c2ccccc2)CCC1N(C)c1nc2ccccc2s1. The number of ether oxygens (including phenoxy) is 1. The van der Waals surface area contributed by atoms with Crippen LogP contribution in [0.5, 0.6) is 0 Å². The van der Waals surface area contributed by atoms with Crippen LogP contribution in [-0.4, -0.2) is 55.8 Å². The van der Waals surface area contributed by atoms with Crippen molar-refractivity contribution in [2.45, 2.75) is 18.6 Å². The number of likely N-dealkylation sites (N-methyl/N-ethyl adjacent to an activating group) is 1. The molecule has 5 heteroatoms. The maximum absolute atomic E-state index is 5.88. The van der Waals surface area contributed by atoms with Crippen molar-refractivity contribution >= 4 is 32.8 Å². The summed E-state index contributed by atoms with van der Waals surface area (Å²) in [7, 11) is 3.98. The van der Waals surface area contributed by atoms with Gasteiger partial charge in [0.05, 0.1) is 22.4 Å². The molecule has 0 aliphatic carbocycles. The smallest absolute Gasteiger partial charge is 0.186 e. The number of likely N-dealkylation sites (tertiary alicyclic amines) is 1. The van der Waals surface area contributed by atoms with Crippen LogP contribution in [0.1, 0.15) is 12.0 Å². The Morgan fingerprint density at radius 1 is 1.18 bits per heavy atom. The Labute approximate surface area is 171 Å². The van der Waals surface area contributed by atoms with Crippen molar-refractivity contribution in [3.63, 3.8) is 0 Å². The molecule has 1 aromatic heterocycles. The lowest BCUT2D eigenvalue weighted by atomic mass is 10.0. The number of methoxy groups -OCH3 is 1. The van der Waals surface area contributed by atoms with Crippen molar-refractivity contribution in [3.8, 4) is 0 Å². The van der Waals surface area contributed by atoms with Gasteiger partial charge in [-0.2, -0.15) is 0 Å². The van der Waals surface area contributed by atoms with E-state index in [-0.39, 0.29) is 6.10 Å². The van der Waals surface area contributed by atoms with Gasteiger partial charge in [-0.1, -0.05) is 66.0 Å². The maximum Gasteiger partial charge on any atom is 0.186 e. The van der Waals surface area contributed by atoms with Gasteiger partial charge in [0.25, 0.3) is 0 Å². The molecular weight excluding hydrogens is 366 g/mol. The first-order valence-corrected chi connectivity index (χ1v) is 10.6. The fourth-order valence-electron chi connectivity index (χ4n) is 3.86. The predicted octanol–water partition coefficient (Wildman–Crippen LogP) is 4.54. The number of aromatic nitrogens is 1. The quantitative estimate of drug-likeness (QED) is 0.615. The monoisotopic (exact) mass is 393 g/mol. The van der Waals surface area contributed by atoms with Crippen LogP contribution in [0.3, 0.4) is 0 Å². The van der Waals surface area contributed by atoms with Crippen LogP contribution in [-0.2, 0) is 4.74 Å². The summed E-state index contributed by atoms with van der Waals surface area (Å²) in [6, 6.07) is 19.1. The summed E-state index contributed by atoms with van der Waals surface area (Å²) >= 11 is 1.76. The third kappa shape index (κ3) is 4.27. The molecule has 146 valence electrons. The topological polar surface area (TPSA) is 28.6 Å². The van der Waals surface area contributed by atoms with Crippen LogP contribution in [0.2, 0.25) is 0 Å². The van der Waals surface area contributed by atoms with Crippen molar-refractivity contribution in [3.05, 3.63) is 66.2 Å². The molecule has 2 aromatic carbocycles. The molecule has 28 heavy (non-hydrogen) atoms. The average molecular weight is 394 g/mol. The first-order chi connectivity index (χ1) is 13.7. The number of anilines is 1. The Kier molecular flexibility index (Phi) is 6.05. The molecule has 0 saturated carbocycles. The van der Waals surface area contributed by atoms with E-state index < -0.39 is 0 Å². The molecular formula is C23H27N3OS. The van der Waals surface area contributed by atoms with Crippen LogP contribution in [0.4, 0.5) is 5.13 Å². The van der Waals surface area contributed by atoms with E-state index in [0.29, 0.717) is 6.04 Å². The van der Waals surface area contributed by atoms with Crippen molar-refractivity contribution in [2.75, 3.05) is 38.7 Å². The zero-order valence-corrected chi connectivity index (χ0v) is 17.3. The number of hydrogen-bond acceptors (Lipinski definition) is 5. The van der Waals surface area contributed by atoms with E-state index in [4.69, 9.17) is 9.72 Å². The number of para-hydroxylation sites is 1. The maximum atomic E-state index is 5.88. The van der Waals surface area contributed by atoms with E-state index in [9.17, 15) is 0 Å². The lowest BCUT2D eigenvalue weighted by Gasteiger charge is -2.41. The Morgan fingerprint density at radius 2 is 1.96 bits per heavy atom. The van der Waals surface area contributed by atoms with Gasteiger partial charge < -0.3 is 9.64 Å². The largest absolute Gasteiger partial charge is 0.378 e. The minimum atomic E-state index is 0.177. The number of hydrogen-bond donors (Lipinski definition) is 0. The molecule has 0 bridgehead atoms. The predicted molar refractivity (Wildman–Crippen MR) is 119 cm³/mol. The van der Waals surface area contributed by atoms with E-state index in [0.717, 1.165) is 36.7 Å². The second-order valence-corrected chi connectivity index (χ2v) is 8.29. The molecule has 4 rings (SSSR count). The summed E-state index contributed by atoms with van der Waals surface area (Å²) in [4.78, 5) is 9.61. The van der Waals surface area contributed by atoms with Gasteiger partial charge in [-0.05, 0) is 24.1 Å². The first kappa shape index (κ1) is 19.1. The fraction of sp³-hybridized carbons (Fsp3) is 0.348. The molecule has 1 aliphatic rings. The lowest BCUT2D eigenvalue weighted by Crippen LogP contribution is -2.54. The number of fused-ring (bicyclic) bond motifs is 1. The molecule has 0 amide bonds. The van der Waals surface area contributed by atoms with Crippen LogP contribution in [0.15, 0.2) is 60.7 Å². The summed E-state index contributed by atoms with van der Waals surface area (Å²) in [5, 5.41) is 1.07. The van der Waals surface area contributed by atoms with Gasteiger partial charge in [-0.15, -0.1) is 0 Å². The zero-order chi connectivity index (χ0) is 19.3. The second-order valence-electron chi connectivity index (χ2n) is 7.28. The Balaban J connectivity index is 1.39. The fourth-order valence-corrected chi connectivity index (χ4v) is 4.85. The van der Waals surface area contributed by atoms with Crippen LogP contribution in [0, 0.1) is 0 Å². The van der Waals surface area contributed by atoms with Gasteiger partial charge >= 0.3 is 0 Å². The van der Waals surface area contributed by atoms with Crippen LogP contribution >= 0.6 is 11.3 Å². The first-order valence-electron chi connectivity index (χ1n) is 9.80. The van der Waals surface area contributed by atoms with Gasteiger partial charge in [0.2, 0.25) is 0 Å². The average Bonchev–Trinajstić information content (AvgIpc) is 3.18. The van der Waals surface area contributed by atoms with Gasteiger partial charge in [-0.25, -0.2) is 4.98 Å². The highest BCUT2D eigenvalue weighted by Gasteiger charge is 2.32. The molecule has 3 aromatic rings. The number of thiazole rings is 1. The summed E-state index contributed by atoms with van der Waals surface area (Å²) in [5.74, 6) is 0. The molecule has 2 heterocycles. The Hall–Kier alpha value is -2.21. The molecule has 1 fully saturated rings. The molecule has 0 N–H and O–H groups in total. The van der Waals surface area contributed by atoms with Crippen molar-refractivity contribution in [1.29, 1.82) is 0 Å². The summed E-state index contributed by atoms with van der Waals surface area (Å²) < 4.78 is 7.12. The summed E-state index contributed by atoms with van der Waals surface area (Å²) in [6.45, 7) is 2.96. The standard InChI is InChI=1S/C23H27N3OS/c1-25(23-24-19-12-6-7-13-22(19)28-23)20-14-16-26(17-21(20)27-2)15-8-11-18-9-4-3-5-10-18/h3-13,20-21H,14-17H2,1-2H3/b11-8+. The highest BCUT2D eigenvalue weighted by atomic mass is 32.1.